The number of piperidine rings is 1. The quantitative estimate of drug-likeness (QED) is 0.236. The Morgan fingerprint density at radius 3 is 2.67 bits per heavy atom. The molecule has 9 nitrogen and oxygen atoms in total. The standard InChI is InChI=1S/C30H31ClFN7O2S/c1-18-12-20(10-11-37(18)2)19-4-6-23(7-5-19)35-29-34-14-22-16-38(26-21(13-32)17-42-27(26)31)30(40)39(28(22)36-29)25-9-8-24(41-3)15-33-25/h4-9,14-15,17-18,20H,10-13,16H2,1-3H3,(H,34,35,36). The predicted octanol–water partition coefficient (Wildman–Crippen LogP) is 7.28. The molecule has 0 aliphatic carbocycles. The number of pyridine rings is 1. The van der Waals surface area contributed by atoms with Crippen molar-refractivity contribution in [3.05, 3.63) is 75.2 Å². The number of anilines is 5. The molecule has 3 aromatic heterocycles. The second kappa shape index (κ2) is 11.8. The van der Waals surface area contributed by atoms with Crippen LogP contribution in [-0.4, -0.2) is 52.6 Å². The van der Waals surface area contributed by atoms with Crippen LogP contribution < -0.4 is 19.9 Å². The molecule has 4 aromatic rings. The van der Waals surface area contributed by atoms with E-state index in [4.69, 9.17) is 21.3 Å². The summed E-state index contributed by atoms with van der Waals surface area (Å²) in [6.07, 6.45) is 5.48. The molecule has 2 amide bonds. The molecule has 0 spiro atoms. The van der Waals surface area contributed by atoms with E-state index in [0.717, 1.165) is 25.1 Å². The Kier molecular flexibility index (Phi) is 7.98. The summed E-state index contributed by atoms with van der Waals surface area (Å²) in [5.41, 5.74) is 3.53. The first-order chi connectivity index (χ1) is 20.4. The van der Waals surface area contributed by atoms with Gasteiger partial charge in [-0.1, -0.05) is 23.7 Å². The minimum atomic E-state index is -0.745. The summed E-state index contributed by atoms with van der Waals surface area (Å²) in [6, 6.07) is 11.9. The number of benzene rings is 1. The average molecular weight is 608 g/mol. The van der Waals surface area contributed by atoms with Crippen molar-refractivity contribution in [2.45, 2.75) is 44.9 Å². The number of thiophene rings is 1. The van der Waals surface area contributed by atoms with Crippen molar-refractivity contribution in [2.75, 3.05) is 35.8 Å². The molecular formula is C30H31ClFN7O2S. The number of alkyl halides is 1. The number of likely N-dealkylation sites (tertiary alicyclic amines) is 1. The molecule has 1 aromatic carbocycles. The molecule has 5 heterocycles. The molecule has 42 heavy (non-hydrogen) atoms. The lowest BCUT2D eigenvalue weighted by molar-refractivity contribution is 0.183. The highest BCUT2D eigenvalue weighted by molar-refractivity contribution is 7.15. The number of urea groups is 1. The Morgan fingerprint density at radius 1 is 1.17 bits per heavy atom. The van der Waals surface area contributed by atoms with Crippen molar-refractivity contribution < 1.29 is 13.9 Å². The van der Waals surface area contributed by atoms with Gasteiger partial charge in [-0.15, -0.1) is 11.3 Å². The number of aromatic nitrogens is 3. The molecule has 6 rings (SSSR count). The van der Waals surface area contributed by atoms with E-state index in [1.807, 2.05) is 12.1 Å². The molecule has 2 unspecified atom stereocenters. The summed E-state index contributed by atoms with van der Waals surface area (Å²) in [5.74, 6) is 2.15. The smallest absolute Gasteiger partial charge is 0.336 e. The number of nitrogens with one attached hydrogen (secondary N) is 1. The number of fused-ring (bicyclic) bond motifs is 1. The number of nitrogens with zero attached hydrogens (tertiary/aromatic N) is 6. The molecule has 0 radical (unpaired) electrons. The third kappa shape index (κ3) is 5.39. The summed E-state index contributed by atoms with van der Waals surface area (Å²) in [7, 11) is 3.73. The molecular weight excluding hydrogens is 577 g/mol. The molecule has 2 aliphatic heterocycles. The van der Waals surface area contributed by atoms with Gasteiger partial charge in [0, 0.05) is 34.4 Å². The SMILES string of the molecule is COc1ccc(N2C(=O)N(c3c(CF)csc3Cl)Cc3cnc(Nc4ccc(C5CCN(C)C(C)C5)cc4)nc32)nc1. The molecule has 218 valence electrons. The Labute approximate surface area is 252 Å². The van der Waals surface area contributed by atoms with Gasteiger partial charge in [0.25, 0.3) is 0 Å². The van der Waals surface area contributed by atoms with Gasteiger partial charge in [0.1, 0.15) is 22.6 Å². The largest absolute Gasteiger partial charge is 0.495 e. The number of halogens is 2. The van der Waals surface area contributed by atoms with Crippen molar-refractivity contribution in [1.82, 2.24) is 19.9 Å². The third-order valence-corrected chi connectivity index (χ3v) is 9.29. The zero-order valence-corrected chi connectivity index (χ0v) is 25.1. The number of hydrogen-bond donors (Lipinski definition) is 1. The maximum absolute atomic E-state index is 14.0. The first-order valence-corrected chi connectivity index (χ1v) is 15.0. The fraction of sp³-hybridized carbons (Fsp3) is 0.333. The van der Waals surface area contributed by atoms with E-state index in [-0.39, 0.29) is 6.54 Å². The Bertz CT molecular complexity index is 1580. The Morgan fingerprint density at radius 2 is 1.98 bits per heavy atom. The number of ether oxygens (including phenoxy) is 1. The highest BCUT2D eigenvalue weighted by Gasteiger charge is 2.37. The summed E-state index contributed by atoms with van der Waals surface area (Å²) in [4.78, 5) is 33.0. The predicted molar refractivity (Wildman–Crippen MR) is 164 cm³/mol. The van der Waals surface area contributed by atoms with Crippen LogP contribution >= 0.6 is 22.9 Å². The van der Waals surface area contributed by atoms with E-state index in [1.54, 1.807) is 30.8 Å². The van der Waals surface area contributed by atoms with Gasteiger partial charge < -0.3 is 15.0 Å². The molecule has 1 N–H and O–H groups in total. The Balaban J connectivity index is 1.31. The number of carbonyl (C=O) groups is 1. The summed E-state index contributed by atoms with van der Waals surface area (Å²) in [5, 5.41) is 4.90. The van der Waals surface area contributed by atoms with Gasteiger partial charge in [-0.25, -0.2) is 24.1 Å². The third-order valence-electron chi connectivity index (χ3n) is 8.05. The zero-order chi connectivity index (χ0) is 29.4. The van der Waals surface area contributed by atoms with Gasteiger partial charge in [-0.2, -0.15) is 4.98 Å². The van der Waals surface area contributed by atoms with Crippen LogP contribution in [0.25, 0.3) is 0 Å². The van der Waals surface area contributed by atoms with Crippen molar-refractivity contribution in [3.63, 3.8) is 0 Å². The summed E-state index contributed by atoms with van der Waals surface area (Å²) < 4.78 is 19.4. The molecule has 1 saturated heterocycles. The van der Waals surface area contributed by atoms with Crippen molar-refractivity contribution >= 4 is 57.9 Å². The van der Waals surface area contributed by atoms with E-state index in [9.17, 15) is 9.18 Å². The maximum Gasteiger partial charge on any atom is 0.336 e. The molecule has 1 fully saturated rings. The van der Waals surface area contributed by atoms with Crippen LogP contribution in [-0.2, 0) is 13.2 Å². The number of rotatable bonds is 7. The highest BCUT2D eigenvalue weighted by Crippen LogP contribution is 2.42. The molecule has 2 aliphatic rings. The topological polar surface area (TPSA) is 86.7 Å². The molecule has 2 atom stereocenters. The number of methoxy groups -OCH3 is 1. The molecule has 0 saturated carbocycles. The van der Waals surface area contributed by atoms with Crippen molar-refractivity contribution in [3.8, 4) is 5.75 Å². The number of carbonyl (C=O) groups excluding carboxylic acids is 1. The van der Waals surface area contributed by atoms with Crippen molar-refractivity contribution in [2.24, 2.45) is 0 Å². The van der Waals surface area contributed by atoms with Crippen LogP contribution in [0.4, 0.5) is 38.1 Å². The van der Waals surface area contributed by atoms with Gasteiger partial charge in [-0.05, 0) is 69.1 Å². The van der Waals surface area contributed by atoms with Crippen LogP contribution in [0, 0.1) is 0 Å². The summed E-state index contributed by atoms with van der Waals surface area (Å²) >= 11 is 7.62. The first kappa shape index (κ1) is 28.3. The lowest BCUT2D eigenvalue weighted by atomic mass is 9.86. The van der Waals surface area contributed by atoms with Gasteiger partial charge in [-0.3, -0.25) is 4.90 Å². The second-order valence-corrected chi connectivity index (χ2v) is 12.1. The van der Waals surface area contributed by atoms with Crippen LogP contribution in [0.1, 0.15) is 42.4 Å². The van der Waals surface area contributed by atoms with Gasteiger partial charge >= 0.3 is 6.03 Å². The Hall–Kier alpha value is -3.80. The van der Waals surface area contributed by atoms with Gasteiger partial charge in [0.2, 0.25) is 5.95 Å². The van der Waals surface area contributed by atoms with Crippen molar-refractivity contribution in [1.29, 1.82) is 0 Å². The minimum absolute atomic E-state index is 0.133. The van der Waals surface area contributed by atoms with E-state index in [1.165, 1.54) is 32.9 Å². The van der Waals surface area contributed by atoms with Gasteiger partial charge in [0.05, 0.1) is 25.5 Å². The van der Waals surface area contributed by atoms with E-state index >= 15 is 0 Å². The first-order valence-electron chi connectivity index (χ1n) is 13.7. The van der Waals surface area contributed by atoms with Gasteiger partial charge in [0.15, 0.2) is 5.82 Å². The fourth-order valence-electron chi connectivity index (χ4n) is 5.51. The normalized spacial score (nSPS) is 19.1. The lowest BCUT2D eigenvalue weighted by Crippen LogP contribution is -2.46. The van der Waals surface area contributed by atoms with E-state index in [0.29, 0.717) is 56.4 Å². The van der Waals surface area contributed by atoms with Crippen LogP contribution in [0.5, 0.6) is 5.75 Å². The monoisotopic (exact) mass is 607 g/mol. The van der Waals surface area contributed by atoms with E-state index in [2.05, 4.69) is 46.3 Å². The van der Waals surface area contributed by atoms with Crippen LogP contribution in [0.15, 0.2) is 54.2 Å². The fourth-order valence-corrected chi connectivity index (χ4v) is 6.64. The second-order valence-electron chi connectivity index (χ2n) is 10.6. The molecule has 0 bridgehead atoms. The molecule has 12 heteroatoms. The number of hydrogen-bond acceptors (Lipinski definition) is 8. The maximum atomic E-state index is 14.0. The van der Waals surface area contributed by atoms with Crippen LogP contribution in [0.3, 0.4) is 0 Å². The minimum Gasteiger partial charge on any atom is -0.495 e. The summed E-state index contributed by atoms with van der Waals surface area (Å²) in [6.45, 7) is 2.76. The lowest BCUT2D eigenvalue weighted by Gasteiger charge is -2.35. The van der Waals surface area contributed by atoms with E-state index < -0.39 is 12.7 Å². The average Bonchev–Trinajstić information content (AvgIpc) is 3.39. The number of amides is 2. The zero-order valence-electron chi connectivity index (χ0n) is 23.6. The van der Waals surface area contributed by atoms with Crippen LogP contribution in [0.2, 0.25) is 4.34 Å². The highest BCUT2D eigenvalue weighted by atomic mass is 35.5.